The first kappa shape index (κ1) is 11.8. The molecule has 17 heavy (non-hydrogen) atoms. The van der Waals surface area contributed by atoms with Crippen LogP contribution in [0.2, 0.25) is 0 Å². The van der Waals surface area contributed by atoms with Crippen molar-refractivity contribution in [1.82, 2.24) is 9.78 Å². The van der Waals surface area contributed by atoms with Gasteiger partial charge < -0.3 is 5.73 Å². The van der Waals surface area contributed by atoms with Crippen molar-refractivity contribution >= 4 is 0 Å². The average molecular weight is 233 g/mol. The van der Waals surface area contributed by atoms with Crippen LogP contribution in [0.4, 0.5) is 4.39 Å². The second-order valence-corrected chi connectivity index (χ2v) is 4.06. The van der Waals surface area contributed by atoms with Crippen molar-refractivity contribution in [2.24, 2.45) is 5.73 Å². The molecule has 0 saturated heterocycles. The molecule has 2 rings (SSSR count). The molecule has 0 aliphatic carbocycles. The Morgan fingerprint density at radius 1 is 1.41 bits per heavy atom. The predicted molar refractivity (Wildman–Crippen MR) is 65.5 cm³/mol. The maximum Gasteiger partial charge on any atom is 0.128 e. The van der Waals surface area contributed by atoms with E-state index in [1.165, 1.54) is 6.07 Å². The molecule has 1 heterocycles. The van der Waals surface area contributed by atoms with E-state index in [9.17, 15) is 4.39 Å². The van der Waals surface area contributed by atoms with E-state index in [0.29, 0.717) is 12.0 Å². The molecule has 1 unspecified atom stereocenters. The quantitative estimate of drug-likeness (QED) is 0.880. The number of benzene rings is 1. The molecule has 0 fully saturated rings. The molecule has 0 spiro atoms. The highest BCUT2D eigenvalue weighted by atomic mass is 19.1. The lowest BCUT2D eigenvalue weighted by Gasteiger charge is -2.14. The van der Waals surface area contributed by atoms with Crippen molar-refractivity contribution in [3.63, 3.8) is 0 Å². The molecule has 0 saturated carbocycles. The molecule has 0 radical (unpaired) electrons. The number of nitrogens with two attached hydrogens (primary N) is 1. The molecule has 90 valence electrons. The van der Waals surface area contributed by atoms with Gasteiger partial charge in [0.25, 0.3) is 0 Å². The van der Waals surface area contributed by atoms with Crippen LogP contribution >= 0.6 is 0 Å². The second-order valence-electron chi connectivity index (χ2n) is 4.06. The Hall–Kier alpha value is -1.68. The van der Waals surface area contributed by atoms with Crippen molar-refractivity contribution in [3.8, 4) is 5.69 Å². The third-order valence-electron chi connectivity index (χ3n) is 2.84. The van der Waals surface area contributed by atoms with E-state index in [1.807, 2.05) is 19.1 Å². The van der Waals surface area contributed by atoms with Crippen LogP contribution in [0, 0.1) is 5.82 Å². The minimum Gasteiger partial charge on any atom is -0.327 e. The SMILES string of the molecule is CCC(N)Cc1c(F)cccc1-n1cccn1. The van der Waals surface area contributed by atoms with Gasteiger partial charge in [-0.1, -0.05) is 13.0 Å². The van der Waals surface area contributed by atoms with Gasteiger partial charge in [0, 0.05) is 24.0 Å². The minimum absolute atomic E-state index is 0.0267. The van der Waals surface area contributed by atoms with E-state index < -0.39 is 0 Å². The molecule has 4 heteroatoms. The van der Waals surface area contributed by atoms with Gasteiger partial charge >= 0.3 is 0 Å². The van der Waals surface area contributed by atoms with Crippen molar-refractivity contribution in [1.29, 1.82) is 0 Å². The number of nitrogens with zero attached hydrogens (tertiary/aromatic N) is 2. The van der Waals surface area contributed by atoms with E-state index in [1.54, 1.807) is 23.1 Å². The summed E-state index contributed by atoms with van der Waals surface area (Å²) < 4.78 is 15.5. The summed E-state index contributed by atoms with van der Waals surface area (Å²) in [6.07, 6.45) is 4.83. The normalized spacial score (nSPS) is 12.6. The van der Waals surface area contributed by atoms with E-state index in [-0.39, 0.29) is 11.9 Å². The summed E-state index contributed by atoms with van der Waals surface area (Å²) >= 11 is 0. The zero-order valence-corrected chi connectivity index (χ0v) is 9.81. The first-order chi connectivity index (χ1) is 8.22. The number of aromatic nitrogens is 2. The smallest absolute Gasteiger partial charge is 0.128 e. The third-order valence-corrected chi connectivity index (χ3v) is 2.84. The van der Waals surface area contributed by atoms with Gasteiger partial charge in [0.2, 0.25) is 0 Å². The minimum atomic E-state index is -0.220. The molecule has 0 aliphatic heterocycles. The van der Waals surface area contributed by atoms with Crippen LogP contribution < -0.4 is 5.73 Å². The van der Waals surface area contributed by atoms with Crippen LogP contribution in [0.25, 0.3) is 5.69 Å². The molecule has 1 aromatic heterocycles. The first-order valence-corrected chi connectivity index (χ1v) is 5.75. The highest BCUT2D eigenvalue weighted by Crippen LogP contribution is 2.19. The summed E-state index contributed by atoms with van der Waals surface area (Å²) in [6.45, 7) is 2.00. The van der Waals surface area contributed by atoms with Crippen LogP contribution in [0.5, 0.6) is 0 Å². The summed E-state index contributed by atoms with van der Waals surface area (Å²) in [5.74, 6) is -0.220. The molecule has 0 amide bonds. The Morgan fingerprint density at radius 3 is 2.88 bits per heavy atom. The molecule has 2 N–H and O–H groups in total. The van der Waals surface area contributed by atoms with E-state index in [2.05, 4.69) is 5.10 Å². The van der Waals surface area contributed by atoms with Crippen LogP contribution in [0.3, 0.4) is 0 Å². The fraction of sp³-hybridized carbons (Fsp3) is 0.308. The summed E-state index contributed by atoms with van der Waals surface area (Å²) in [6, 6.07) is 6.79. The Kier molecular flexibility index (Phi) is 3.54. The van der Waals surface area contributed by atoms with Gasteiger partial charge in [-0.2, -0.15) is 5.10 Å². The summed E-state index contributed by atoms with van der Waals surface area (Å²) in [4.78, 5) is 0. The molecule has 1 aromatic carbocycles. The van der Waals surface area contributed by atoms with Crippen molar-refractivity contribution in [3.05, 3.63) is 48.0 Å². The molecule has 3 nitrogen and oxygen atoms in total. The number of hydrogen-bond acceptors (Lipinski definition) is 2. The maximum absolute atomic E-state index is 13.8. The Morgan fingerprint density at radius 2 is 2.24 bits per heavy atom. The second kappa shape index (κ2) is 5.10. The summed E-state index contributed by atoms with van der Waals surface area (Å²) in [5, 5.41) is 4.13. The fourth-order valence-corrected chi connectivity index (χ4v) is 1.78. The highest BCUT2D eigenvalue weighted by molar-refractivity contribution is 5.41. The maximum atomic E-state index is 13.8. The standard InChI is InChI=1S/C13H16FN3/c1-2-10(15)9-11-12(14)5-3-6-13(11)17-8-4-7-16-17/h3-8,10H,2,9,15H2,1H3. The highest BCUT2D eigenvalue weighted by Gasteiger charge is 2.13. The summed E-state index contributed by atoms with van der Waals surface area (Å²) in [7, 11) is 0. The first-order valence-electron chi connectivity index (χ1n) is 5.75. The lowest BCUT2D eigenvalue weighted by Crippen LogP contribution is -2.23. The lowest BCUT2D eigenvalue weighted by molar-refractivity contribution is 0.575. The van der Waals surface area contributed by atoms with Gasteiger partial charge in [0.05, 0.1) is 5.69 Å². The van der Waals surface area contributed by atoms with Gasteiger partial charge in [-0.3, -0.25) is 0 Å². The van der Waals surface area contributed by atoms with Gasteiger partial charge in [0.1, 0.15) is 5.82 Å². The predicted octanol–water partition coefficient (Wildman–Crippen LogP) is 2.29. The monoisotopic (exact) mass is 233 g/mol. The zero-order chi connectivity index (χ0) is 12.3. The van der Waals surface area contributed by atoms with Crippen LogP contribution in [-0.2, 0) is 6.42 Å². The Bertz CT molecular complexity index is 479. The zero-order valence-electron chi connectivity index (χ0n) is 9.81. The Labute approximate surface area is 100 Å². The molecule has 0 bridgehead atoms. The number of rotatable bonds is 4. The van der Waals surface area contributed by atoms with Gasteiger partial charge in [-0.25, -0.2) is 9.07 Å². The Balaban J connectivity index is 2.42. The van der Waals surface area contributed by atoms with Crippen molar-refractivity contribution in [2.75, 3.05) is 0 Å². The van der Waals surface area contributed by atoms with E-state index in [0.717, 1.165) is 12.1 Å². The van der Waals surface area contributed by atoms with E-state index in [4.69, 9.17) is 5.73 Å². The fourth-order valence-electron chi connectivity index (χ4n) is 1.78. The largest absolute Gasteiger partial charge is 0.327 e. The van der Waals surface area contributed by atoms with Crippen molar-refractivity contribution < 1.29 is 4.39 Å². The molecule has 0 aliphatic rings. The number of halogens is 1. The van der Waals surface area contributed by atoms with Gasteiger partial charge in [-0.05, 0) is 31.0 Å². The average Bonchev–Trinajstić information content (AvgIpc) is 2.85. The molecular formula is C13H16FN3. The van der Waals surface area contributed by atoms with Crippen LogP contribution in [0.1, 0.15) is 18.9 Å². The topological polar surface area (TPSA) is 43.8 Å². The van der Waals surface area contributed by atoms with Crippen LogP contribution in [0.15, 0.2) is 36.7 Å². The van der Waals surface area contributed by atoms with Crippen molar-refractivity contribution in [2.45, 2.75) is 25.8 Å². The molecule has 1 atom stereocenters. The van der Waals surface area contributed by atoms with Crippen LogP contribution in [-0.4, -0.2) is 15.8 Å². The van der Waals surface area contributed by atoms with E-state index >= 15 is 0 Å². The van der Waals surface area contributed by atoms with Gasteiger partial charge in [-0.15, -0.1) is 0 Å². The summed E-state index contributed by atoms with van der Waals surface area (Å²) in [5.41, 5.74) is 7.29. The third kappa shape index (κ3) is 2.53. The number of hydrogen-bond donors (Lipinski definition) is 1. The molecular weight excluding hydrogens is 217 g/mol. The van der Waals surface area contributed by atoms with Gasteiger partial charge in [0.15, 0.2) is 0 Å². The lowest BCUT2D eigenvalue weighted by atomic mass is 10.0. The molecule has 2 aromatic rings.